The molecule has 0 saturated carbocycles. The van der Waals surface area contributed by atoms with E-state index in [-0.39, 0.29) is 17.8 Å². The third-order valence-corrected chi connectivity index (χ3v) is 5.68. The summed E-state index contributed by atoms with van der Waals surface area (Å²) >= 11 is 1.71. The molecule has 0 fully saturated rings. The minimum absolute atomic E-state index is 0.0122. The molecule has 0 saturated heterocycles. The van der Waals surface area contributed by atoms with Crippen molar-refractivity contribution in [3.63, 3.8) is 0 Å². The normalized spacial score (nSPS) is 11.2. The van der Waals surface area contributed by atoms with E-state index in [1.165, 1.54) is 11.1 Å². The second-order valence-electron chi connectivity index (χ2n) is 6.56. The van der Waals surface area contributed by atoms with Crippen molar-refractivity contribution in [3.8, 4) is 0 Å². The van der Waals surface area contributed by atoms with E-state index in [0.717, 1.165) is 17.9 Å². The molecule has 136 valence electrons. The van der Waals surface area contributed by atoms with E-state index < -0.39 is 0 Å². The lowest BCUT2D eigenvalue weighted by molar-refractivity contribution is 0.0968. The Morgan fingerprint density at radius 2 is 1.96 bits per heavy atom. The van der Waals surface area contributed by atoms with Gasteiger partial charge in [0.25, 0.3) is 0 Å². The highest BCUT2D eigenvalue weighted by atomic mass is 32.1. The van der Waals surface area contributed by atoms with Gasteiger partial charge in [0.05, 0.1) is 18.3 Å². The highest BCUT2D eigenvalue weighted by molar-refractivity contribution is 7.09. The first kappa shape index (κ1) is 17.4. The first-order valence-electron chi connectivity index (χ1n) is 8.72. The zero-order valence-corrected chi connectivity index (χ0v) is 16.0. The number of fused-ring (bicyclic) bond motifs is 1. The number of nitrogens with zero attached hydrogens (tertiary/aromatic N) is 3. The molecular formula is C21H19N3O2S. The molecule has 0 aliphatic carbocycles. The molecule has 4 aromatic rings. The summed E-state index contributed by atoms with van der Waals surface area (Å²) in [4.78, 5) is 26.2. The van der Waals surface area contributed by atoms with Crippen molar-refractivity contribution >= 4 is 28.0 Å². The summed E-state index contributed by atoms with van der Waals surface area (Å²) in [5.41, 5.74) is 3.25. The lowest BCUT2D eigenvalue weighted by Crippen LogP contribution is -2.18. The fourth-order valence-electron chi connectivity index (χ4n) is 3.39. The molecule has 0 aliphatic rings. The van der Waals surface area contributed by atoms with Crippen LogP contribution >= 0.6 is 11.3 Å². The highest BCUT2D eigenvalue weighted by Gasteiger charge is 2.17. The maximum atomic E-state index is 13.0. The average molecular weight is 377 g/mol. The molecule has 0 radical (unpaired) electrons. The summed E-state index contributed by atoms with van der Waals surface area (Å²) in [6.45, 7) is 4.86. The number of para-hydroxylation sites is 1. The monoisotopic (exact) mass is 377 g/mol. The van der Waals surface area contributed by atoms with E-state index in [1.54, 1.807) is 22.1 Å². The van der Waals surface area contributed by atoms with Crippen LogP contribution in [0.25, 0.3) is 10.9 Å². The van der Waals surface area contributed by atoms with E-state index in [9.17, 15) is 9.59 Å². The maximum Gasteiger partial charge on any atom is 0.207 e. The van der Waals surface area contributed by atoms with E-state index in [0.29, 0.717) is 16.5 Å². The Morgan fingerprint density at radius 3 is 2.74 bits per heavy atom. The number of rotatable bonds is 5. The fraction of sp³-hybridized carbons (Fsp3) is 0.190. The first-order valence-corrected chi connectivity index (χ1v) is 9.60. The lowest BCUT2D eigenvalue weighted by atomic mass is 10.1. The number of aryl methyl sites for hydroxylation is 1. The van der Waals surface area contributed by atoms with Crippen LogP contribution in [0.15, 0.2) is 58.8 Å². The van der Waals surface area contributed by atoms with E-state index in [1.807, 2.05) is 44.2 Å². The first-order chi connectivity index (χ1) is 13.0. The Kier molecular flexibility index (Phi) is 4.49. The highest BCUT2D eigenvalue weighted by Crippen LogP contribution is 2.20. The van der Waals surface area contributed by atoms with E-state index >= 15 is 0 Å². The standard InChI is InChI=1S/C21H19N3O2S/c1-14-10-18(15(2)23(14)12-16-6-5-9-27-16)21(26)13-24-19-8-4-3-7-17(19)20(25)11-22-24/h3-11H,12-13H2,1-2H3. The number of Topliss-reactive ketones (excluding diaryl/α,β-unsaturated/α-hetero) is 1. The molecule has 0 unspecified atom stereocenters. The lowest BCUT2D eigenvalue weighted by Gasteiger charge is -2.10. The smallest absolute Gasteiger partial charge is 0.207 e. The fourth-order valence-corrected chi connectivity index (χ4v) is 4.09. The summed E-state index contributed by atoms with van der Waals surface area (Å²) in [5, 5.41) is 6.80. The Hall–Kier alpha value is -2.99. The van der Waals surface area contributed by atoms with Gasteiger partial charge in [-0.05, 0) is 43.5 Å². The summed E-state index contributed by atoms with van der Waals surface area (Å²) in [7, 11) is 0. The summed E-state index contributed by atoms with van der Waals surface area (Å²) < 4.78 is 3.76. The maximum absolute atomic E-state index is 13.0. The van der Waals surface area contributed by atoms with Crippen molar-refractivity contribution < 1.29 is 4.79 Å². The van der Waals surface area contributed by atoms with Crippen LogP contribution < -0.4 is 5.43 Å². The van der Waals surface area contributed by atoms with Gasteiger partial charge in [-0.3, -0.25) is 14.3 Å². The molecule has 0 N–H and O–H groups in total. The number of benzene rings is 1. The van der Waals surface area contributed by atoms with Crippen LogP contribution in [-0.4, -0.2) is 20.1 Å². The molecule has 0 atom stereocenters. The third-order valence-electron chi connectivity index (χ3n) is 4.82. The average Bonchev–Trinajstić information content (AvgIpc) is 3.28. The van der Waals surface area contributed by atoms with Gasteiger partial charge in [-0.15, -0.1) is 11.3 Å². The molecular weight excluding hydrogens is 358 g/mol. The largest absolute Gasteiger partial charge is 0.343 e. The number of hydrogen-bond donors (Lipinski definition) is 0. The van der Waals surface area contributed by atoms with Gasteiger partial charge in [0.2, 0.25) is 5.43 Å². The number of thiophene rings is 1. The van der Waals surface area contributed by atoms with E-state index in [2.05, 4.69) is 21.1 Å². The number of hydrogen-bond acceptors (Lipinski definition) is 4. The minimum atomic E-state index is -0.136. The van der Waals surface area contributed by atoms with Crippen molar-refractivity contribution in [2.24, 2.45) is 0 Å². The molecule has 6 heteroatoms. The van der Waals surface area contributed by atoms with Crippen molar-refractivity contribution in [1.29, 1.82) is 0 Å². The SMILES string of the molecule is Cc1cc(C(=O)Cn2ncc(=O)c3ccccc32)c(C)n1Cc1cccs1. The minimum Gasteiger partial charge on any atom is -0.343 e. The van der Waals surface area contributed by atoms with Crippen LogP contribution in [-0.2, 0) is 13.1 Å². The molecule has 0 spiro atoms. The van der Waals surface area contributed by atoms with Crippen molar-refractivity contribution in [2.45, 2.75) is 26.9 Å². The zero-order chi connectivity index (χ0) is 19.0. The molecule has 27 heavy (non-hydrogen) atoms. The van der Waals surface area contributed by atoms with Gasteiger partial charge in [0.15, 0.2) is 5.78 Å². The quantitative estimate of drug-likeness (QED) is 0.497. The number of carbonyl (C=O) groups is 1. The Labute approximate surface area is 160 Å². The van der Waals surface area contributed by atoms with Gasteiger partial charge in [-0.25, -0.2) is 0 Å². The summed E-state index contributed by atoms with van der Waals surface area (Å²) in [5.74, 6) is -0.0122. The number of aromatic nitrogens is 3. The Bertz CT molecular complexity index is 1190. The summed E-state index contributed by atoms with van der Waals surface area (Å²) in [6, 6.07) is 13.3. The van der Waals surface area contributed by atoms with Gasteiger partial charge >= 0.3 is 0 Å². The van der Waals surface area contributed by atoms with Crippen LogP contribution in [0.5, 0.6) is 0 Å². The second-order valence-corrected chi connectivity index (χ2v) is 7.59. The van der Waals surface area contributed by atoms with Gasteiger partial charge in [-0.2, -0.15) is 5.10 Å². The molecule has 0 amide bonds. The topological polar surface area (TPSA) is 56.9 Å². The Morgan fingerprint density at radius 1 is 1.15 bits per heavy atom. The molecule has 3 heterocycles. The molecule has 1 aromatic carbocycles. The second kappa shape index (κ2) is 6.96. The predicted octanol–water partition coefficient (Wildman–Crippen LogP) is 3.81. The number of ketones is 1. The van der Waals surface area contributed by atoms with Crippen molar-refractivity contribution in [3.05, 3.63) is 86.1 Å². The van der Waals surface area contributed by atoms with Crippen molar-refractivity contribution in [1.82, 2.24) is 14.3 Å². The zero-order valence-electron chi connectivity index (χ0n) is 15.2. The van der Waals surface area contributed by atoms with Crippen LogP contribution in [0.1, 0.15) is 26.6 Å². The van der Waals surface area contributed by atoms with Gasteiger partial charge < -0.3 is 4.57 Å². The van der Waals surface area contributed by atoms with Crippen LogP contribution in [0.3, 0.4) is 0 Å². The predicted molar refractivity (Wildman–Crippen MR) is 108 cm³/mol. The molecule has 3 aromatic heterocycles. The molecule has 4 rings (SSSR count). The van der Waals surface area contributed by atoms with Crippen LogP contribution in [0, 0.1) is 13.8 Å². The van der Waals surface area contributed by atoms with E-state index in [4.69, 9.17) is 0 Å². The number of carbonyl (C=O) groups excluding carboxylic acids is 1. The van der Waals surface area contributed by atoms with Crippen LogP contribution in [0.4, 0.5) is 0 Å². The third kappa shape index (κ3) is 3.24. The van der Waals surface area contributed by atoms with Crippen LogP contribution in [0.2, 0.25) is 0 Å². The Balaban J connectivity index is 1.67. The van der Waals surface area contributed by atoms with Crippen molar-refractivity contribution in [2.75, 3.05) is 0 Å². The molecule has 5 nitrogen and oxygen atoms in total. The molecule has 0 aliphatic heterocycles. The van der Waals surface area contributed by atoms with Gasteiger partial charge in [-0.1, -0.05) is 18.2 Å². The summed E-state index contributed by atoms with van der Waals surface area (Å²) in [6.07, 6.45) is 1.27. The van der Waals surface area contributed by atoms with Gasteiger partial charge in [0, 0.05) is 27.2 Å². The van der Waals surface area contributed by atoms with Gasteiger partial charge in [0.1, 0.15) is 6.54 Å². The molecule has 0 bridgehead atoms.